The van der Waals surface area contributed by atoms with Gasteiger partial charge < -0.3 is 15.4 Å². The van der Waals surface area contributed by atoms with Crippen LogP contribution < -0.4 is 16.0 Å². The summed E-state index contributed by atoms with van der Waals surface area (Å²) < 4.78 is 5.41. The molecule has 4 heterocycles. The van der Waals surface area contributed by atoms with E-state index in [1.807, 2.05) is 12.1 Å². The van der Waals surface area contributed by atoms with E-state index in [1.54, 1.807) is 18.5 Å². The van der Waals surface area contributed by atoms with Crippen LogP contribution in [-0.4, -0.2) is 53.7 Å². The summed E-state index contributed by atoms with van der Waals surface area (Å²) in [5.74, 6) is 0.887. The Hall–Kier alpha value is -2.58. The number of ether oxygens (including phenoxy) is 1. The number of rotatable bonds is 6. The number of carbonyl (C=O) groups is 1. The first kappa shape index (κ1) is 18.8. The number of anilines is 2. The summed E-state index contributed by atoms with van der Waals surface area (Å²) in [6.45, 7) is 4.19. The third kappa shape index (κ3) is 4.82. The van der Waals surface area contributed by atoms with E-state index in [9.17, 15) is 4.79 Å². The fraction of sp³-hybridized carbons (Fsp3) is 0.500. The van der Waals surface area contributed by atoms with E-state index in [1.165, 1.54) is 0 Å². The number of hydrogen-bond donors (Lipinski definition) is 3. The Morgan fingerprint density at radius 3 is 2.82 bits per heavy atom. The first-order valence-electron chi connectivity index (χ1n) is 9.90. The molecule has 28 heavy (non-hydrogen) atoms. The molecule has 0 radical (unpaired) electrons. The van der Waals surface area contributed by atoms with E-state index in [0.29, 0.717) is 24.1 Å². The summed E-state index contributed by atoms with van der Waals surface area (Å²) >= 11 is 0. The van der Waals surface area contributed by atoms with Crippen molar-refractivity contribution >= 4 is 17.5 Å². The Bertz CT molecular complexity index is 803. The minimum atomic E-state index is -0.0398. The molecule has 3 N–H and O–H groups in total. The predicted molar refractivity (Wildman–Crippen MR) is 107 cm³/mol. The van der Waals surface area contributed by atoms with E-state index in [0.717, 1.165) is 56.9 Å². The lowest BCUT2D eigenvalue weighted by molar-refractivity contribution is -0.119. The molecule has 0 aromatic carbocycles. The molecule has 8 heteroatoms. The van der Waals surface area contributed by atoms with Crippen molar-refractivity contribution < 1.29 is 9.53 Å². The molecule has 0 unspecified atom stereocenters. The van der Waals surface area contributed by atoms with Crippen molar-refractivity contribution in [2.45, 2.75) is 19.3 Å². The van der Waals surface area contributed by atoms with Crippen LogP contribution in [0.25, 0.3) is 11.4 Å². The van der Waals surface area contributed by atoms with Crippen LogP contribution in [-0.2, 0) is 9.53 Å². The highest BCUT2D eigenvalue weighted by Gasteiger charge is 2.23. The first-order chi connectivity index (χ1) is 13.8. The Morgan fingerprint density at radius 2 is 2.00 bits per heavy atom. The van der Waals surface area contributed by atoms with Crippen LogP contribution in [0.2, 0.25) is 0 Å². The molecule has 4 rings (SSSR count). The average molecular weight is 382 g/mol. The number of carbonyl (C=O) groups excluding carboxylic acids is 1. The molecule has 0 aliphatic carbocycles. The second-order valence-electron chi connectivity index (χ2n) is 7.31. The summed E-state index contributed by atoms with van der Waals surface area (Å²) in [6.07, 6.45) is 6.45. The van der Waals surface area contributed by atoms with Gasteiger partial charge in [-0.25, -0.2) is 9.97 Å². The highest BCUT2D eigenvalue weighted by atomic mass is 16.5. The van der Waals surface area contributed by atoms with Gasteiger partial charge in [0.25, 0.3) is 0 Å². The summed E-state index contributed by atoms with van der Waals surface area (Å²) in [5.41, 5.74) is 2.44. The maximum atomic E-state index is 12.3. The van der Waals surface area contributed by atoms with Gasteiger partial charge in [-0.15, -0.1) is 0 Å². The van der Waals surface area contributed by atoms with Crippen molar-refractivity contribution in [1.29, 1.82) is 0 Å². The maximum absolute atomic E-state index is 12.3. The molecular weight excluding hydrogens is 356 g/mol. The minimum absolute atomic E-state index is 0.0249. The van der Waals surface area contributed by atoms with Crippen LogP contribution in [0, 0.1) is 11.8 Å². The quantitative estimate of drug-likeness (QED) is 0.702. The number of nitrogens with one attached hydrogen (secondary N) is 3. The lowest BCUT2D eigenvalue weighted by atomic mass is 10.0. The summed E-state index contributed by atoms with van der Waals surface area (Å²) in [5, 5.41) is 9.51. The zero-order valence-electron chi connectivity index (χ0n) is 15.9. The van der Waals surface area contributed by atoms with Gasteiger partial charge >= 0.3 is 0 Å². The van der Waals surface area contributed by atoms with Crippen molar-refractivity contribution in [3.8, 4) is 11.4 Å². The van der Waals surface area contributed by atoms with E-state index in [2.05, 4.69) is 30.9 Å². The van der Waals surface area contributed by atoms with Crippen molar-refractivity contribution in [3.63, 3.8) is 0 Å². The molecular formula is C20H26N6O2. The standard InChI is InChI=1S/C20H26N6O2/c27-19(15-1-6-21-13-15)26-20-23-8-3-17(25-20)18-11-16(2-7-22-18)24-12-14-4-9-28-10-5-14/h2-3,7-8,11,14-15,21H,1,4-6,9-10,12-13H2,(H,22,24)(H,23,25,26,27)/t15-/m1/s1. The van der Waals surface area contributed by atoms with Crippen molar-refractivity contribution in [2.75, 3.05) is 43.5 Å². The summed E-state index contributed by atoms with van der Waals surface area (Å²) in [6, 6.07) is 5.74. The first-order valence-corrected chi connectivity index (χ1v) is 9.90. The molecule has 0 saturated carbocycles. The number of hydrogen-bond acceptors (Lipinski definition) is 7. The zero-order chi connectivity index (χ0) is 19.2. The largest absolute Gasteiger partial charge is 0.385 e. The highest BCUT2D eigenvalue weighted by Crippen LogP contribution is 2.21. The second kappa shape index (κ2) is 9.07. The molecule has 2 fully saturated rings. The summed E-state index contributed by atoms with van der Waals surface area (Å²) in [4.78, 5) is 25.4. The van der Waals surface area contributed by atoms with Crippen molar-refractivity contribution in [1.82, 2.24) is 20.3 Å². The fourth-order valence-electron chi connectivity index (χ4n) is 3.55. The van der Waals surface area contributed by atoms with Gasteiger partial charge in [0, 0.05) is 44.4 Å². The molecule has 2 aliphatic heterocycles. The molecule has 2 saturated heterocycles. The molecule has 2 aliphatic rings. The summed E-state index contributed by atoms with van der Waals surface area (Å²) in [7, 11) is 0. The van der Waals surface area contributed by atoms with Crippen molar-refractivity contribution in [2.24, 2.45) is 11.8 Å². The van der Waals surface area contributed by atoms with Crippen LogP contribution >= 0.6 is 0 Å². The normalized spacial score (nSPS) is 20.1. The Kier molecular flexibility index (Phi) is 6.08. The van der Waals surface area contributed by atoms with Crippen LogP contribution in [0.3, 0.4) is 0 Å². The third-order valence-electron chi connectivity index (χ3n) is 5.28. The molecule has 0 spiro atoms. The Balaban J connectivity index is 1.41. The molecule has 0 bridgehead atoms. The number of nitrogens with zero attached hydrogens (tertiary/aromatic N) is 3. The number of amides is 1. The molecule has 2 aromatic rings. The highest BCUT2D eigenvalue weighted by molar-refractivity contribution is 5.91. The van der Waals surface area contributed by atoms with E-state index < -0.39 is 0 Å². The topological polar surface area (TPSA) is 101 Å². The maximum Gasteiger partial charge on any atom is 0.231 e. The second-order valence-corrected chi connectivity index (χ2v) is 7.31. The van der Waals surface area contributed by atoms with Gasteiger partial charge in [-0.1, -0.05) is 0 Å². The van der Waals surface area contributed by atoms with Gasteiger partial charge in [0.05, 0.1) is 17.3 Å². The number of pyridine rings is 1. The molecule has 8 nitrogen and oxygen atoms in total. The molecule has 1 atom stereocenters. The van der Waals surface area contributed by atoms with Gasteiger partial charge in [0.15, 0.2) is 0 Å². The van der Waals surface area contributed by atoms with Crippen LogP contribution in [0.1, 0.15) is 19.3 Å². The van der Waals surface area contributed by atoms with Gasteiger partial charge in [0.1, 0.15) is 0 Å². The Morgan fingerprint density at radius 1 is 1.14 bits per heavy atom. The monoisotopic (exact) mass is 382 g/mol. The lowest BCUT2D eigenvalue weighted by Gasteiger charge is -2.22. The predicted octanol–water partition coefficient (Wildman–Crippen LogP) is 1.93. The average Bonchev–Trinajstić information content (AvgIpc) is 3.29. The van der Waals surface area contributed by atoms with Gasteiger partial charge in [-0.2, -0.15) is 0 Å². The molecule has 148 valence electrons. The van der Waals surface area contributed by atoms with Gasteiger partial charge in [0.2, 0.25) is 11.9 Å². The van der Waals surface area contributed by atoms with E-state index >= 15 is 0 Å². The van der Waals surface area contributed by atoms with Crippen LogP contribution in [0.4, 0.5) is 11.6 Å². The van der Waals surface area contributed by atoms with E-state index in [4.69, 9.17) is 4.74 Å². The minimum Gasteiger partial charge on any atom is -0.385 e. The Labute approximate surface area is 164 Å². The fourth-order valence-corrected chi connectivity index (χ4v) is 3.55. The van der Waals surface area contributed by atoms with E-state index in [-0.39, 0.29) is 11.8 Å². The van der Waals surface area contributed by atoms with Gasteiger partial charge in [-0.05, 0) is 49.9 Å². The van der Waals surface area contributed by atoms with Gasteiger partial charge in [-0.3, -0.25) is 15.1 Å². The molecule has 1 amide bonds. The lowest BCUT2D eigenvalue weighted by Crippen LogP contribution is -2.25. The number of aromatic nitrogens is 3. The SMILES string of the molecule is O=C(Nc1nccc(-c2cc(NCC3CCOCC3)ccn2)n1)[C@@H]1CCNC1. The molecule has 2 aromatic heterocycles. The van der Waals surface area contributed by atoms with Crippen LogP contribution in [0.15, 0.2) is 30.6 Å². The van der Waals surface area contributed by atoms with Crippen LogP contribution in [0.5, 0.6) is 0 Å². The zero-order valence-corrected chi connectivity index (χ0v) is 15.9. The smallest absolute Gasteiger partial charge is 0.231 e. The third-order valence-corrected chi connectivity index (χ3v) is 5.28. The van der Waals surface area contributed by atoms with Crippen molar-refractivity contribution in [3.05, 3.63) is 30.6 Å².